The Kier molecular flexibility index (Phi) is 3.85. The molecule has 3 nitrogen and oxygen atoms in total. The lowest BCUT2D eigenvalue weighted by atomic mass is 10.2. The summed E-state index contributed by atoms with van der Waals surface area (Å²) >= 11 is 3.32. The predicted molar refractivity (Wildman–Crippen MR) is 76.4 cm³/mol. The maximum absolute atomic E-state index is 13.8. The molecule has 0 unspecified atom stereocenters. The van der Waals surface area contributed by atoms with Gasteiger partial charge < -0.3 is 10.5 Å². The average Bonchev–Trinajstić information content (AvgIpc) is 2.37. The standard InChI is InChI=1S/C14H12BrFN2O/c1-8-3-2-4-12(13(8)16)19-11-6-5-9(14(17)18)7-10(11)15/h2-7H,1H3,(H3,17,18). The first-order valence-corrected chi connectivity index (χ1v) is 6.35. The summed E-state index contributed by atoms with van der Waals surface area (Å²) in [7, 11) is 0. The normalized spacial score (nSPS) is 10.3. The van der Waals surface area contributed by atoms with Crippen LogP contribution in [-0.2, 0) is 0 Å². The molecule has 0 aromatic heterocycles. The van der Waals surface area contributed by atoms with E-state index in [2.05, 4.69) is 15.9 Å². The minimum absolute atomic E-state index is 0.0333. The van der Waals surface area contributed by atoms with Gasteiger partial charge in [0.2, 0.25) is 0 Å². The minimum Gasteiger partial charge on any atom is -0.453 e. The van der Waals surface area contributed by atoms with Crippen LogP contribution in [0.5, 0.6) is 11.5 Å². The number of halogens is 2. The third-order valence-electron chi connectivity index (χ3n) is 2.62. The first kappa shape index (κ1) is 13.5. The second kappa shape index (κ2) is 5.40. The zero-order valence-electron chi connectivity index (χ0n) is 10.2. The van der Waals surface area contributed by atoms with E-state index in [1.54, 1.807) is 43.3 Å². The quantitative estimate of drug-likeness (QED) is 0.663. The van der Waals surface area contributed by atoms with Crippen molar-refractivity contribution in [3.63, 3.8) is 0 Å². The molecule has 0 saturated carbocycles. The third kappa shape index (κ3) is 2.93. The fraction of sp³-hybridized carbons (Fsp3) is 0.0714. The van der Waals surface area contributed by atoms with Crippen molar-refractivity contribution in [1.29, 1.82) is 5.41 Å². The van der Waals surface area contributed by atoms with Gasteiger partial charge in [0.15, 0.2) is 11.6 Å². The van der Waals surface area contributed by atoms with Gasteiger partial charge in [-0.2, -0.15) is 0 Å². The van der Waals surface area contributed by atoms with Gasteiger partial charge in [0.05, 0.1) is 4.47 Å². The van der Waals surface area contributed by atoms with Crippen molar-refractivity contribution in [1.82, 2.24) is 0 Å². The number of hydrogen-bond donors (Lipinski definition) is 2. The van der Waals surface area contributed by atoms with Gasteiger partial charge in [-0.3, -0.25) is 5.41 Å². The lowest BCUT2D eigenvalue weighted by molar-refractivity contribution is 0.438. The van der Waals surface area contributed by atoms with Crippen LogP contribution >= 0.6 is 15.9 Å². The van der Waals surface area contributed by atoms with Gasteiger partial charge in [0, 0.05) is 5.56 Å². The molecule has 0 spiro atoms. The Morgan fingerprint density at radius 2 is 2.00 bits per heavy atom. The Balaban J connectivity index is 2.34. The zero-order valence-corrected chi connectivity index (χ0v) is 11.8. The minimum atomic E-state index is -0.384. The Labute approximate surface area is 118 Å². The molecule has 2 aromatic rings. The largest absolute Gasteiger partial charge is 0.453 e. The number of nitrogens with two attached hydrogens (primary N) is 1. The molecule has 2 rings (SSSR count). The summed E-state index contributed by atoms with van der Waals surface area (Å²) in [6.07, 6.45) is 0. The van der Waals surface area contributed by atoms with Gasteiger partial charge in [0.1, 0.15) is 11.6 Å². The molecule has 0 heterocycles. The summed E-state index contributed by atoms with van der Waals surface area (Å²) in [6.45, 7) is 1.68. The number of ether oxygens (including phenoxy) is 1. The highest BCUT2D eigenvalue weighted by atomic mass is 79.9. The molecule has 2 aromatic carbocycles. The van der Waals surface area contributed by atoms with Gasteiger partial charge in [-0.25, -0.2) is 4.39 Å². The molecule has 0 bridgehead atoms. The maximum atomic E-state index is 13.8. The van der Waals surface area contributed by atoms with Gasteiger partial charge in [-0.1, -0.05) is 12.1 Å². The highest BCUT2D eigenvalue weighted by molar-refractivity contribution is 9.10. The van der Waals surface area contributed by atoms with E-state index in [0.717, 1.165) is 0 Å². The number of nitrogens with one attached hydrogen (secondary N) is 1. The summed E-state index contributed by atoms with van der Waals surface area (Å²) in [4.78, 5) is 0. The molecule has 0 fully saturated rings. The molecule has 0 aliphatic rings. The van der Waals surface area contributed by atoms with Crippen LogP contribution in [0.2, 0.25) is 0 Å². The van der Waals surface area contributed by atoms with Crippen LogP contribution in [0.3, 0.4) is 0 Å². The summed E-state index contributed by atoms with van der Waals surface area (Å²) in [6, 6.07) is 9.92. The van der Waals surface area contributed by atoms with Crippen molar-refractivity contribution >= 4 is 21.8 Å². The molecule has 0 aliphatic heterocycles. The average molecular weight is 323 g/mol. The second-order valence-corrected chi connectivity index (χ2v) is 4.90. The fourth-order valence-electron chi connectivity index (χ4n) is 1.57. The van der Waals surface area contributed by atoms with Crippen molar-refractivity contribution in [2.24, 2.45) is 5.73 Å². The van der Waals surface area contributed by atoms with Gasteiger partial charge in [-0.05, 0) is 52.7 Å². The number of rotatable bonds is 3. The van der Waals surface area contributed by atoms with E-state index in [9.17, 15) is 4.39 Å². The van der Waals surface area contributed by atoms with Crippen LogP contribution in [0, 0.1) is 18.2 Å². The molecule has 3 N–H and O–H groups in total. The van der Waals surface area contributed by atoms with Crippen molar-refractivity contribution in [2.45, 2.75) is 6.92 Å². The van der Waals surface area contributed by atoms with E-state index >= 15 is 0 Å². The first-order chi connectivity index (χ1) is 8.99. The lowest BCUT2D eigenvalue weighted by Gasteiger charge is -2.10. The second-order valence-electron chi connectivity index (χ2n) is 4.05. The van der Waals surface area contributed by atoms with Gasteiger partial charge in [-0.15, -0.1) is 0 Å². The van der Waals surface area contributed by atoms with E-state index in [4.69, 9.17) is 15.9 Å². The van der Waals surface area contributed by atoms with Crippen molar-refractivity contribution in [2.75, 3.05) is 0 Å². The number of hydrogen-bond acceptors (Lipinski definition) is 2. The molecule has 0 aliphatic carbocycles. The molecule has 5 heteroatoms. The number of nitrogen functional groups attached to an aromatic ring is 1. The topological polar surface area (TPSA) is 59.1 Å². The van der Waals surface area contributed by atoms with Crippen molar-refractivity contribution in [3.8, 4) is 11.5 Å². The molecular formula is C14H12BrFN2O. The molecular weight excluding hydrogens is 311 g/mol. The highest BCUT2D eigenvalue weighted by Crippen LogP contribution is 2.32. The van der Waals surface area contributed by atoms with Gasteiger partial charge in [0.25, 0.3) is 0 Å². The van der Waals surface area contributed by atoms with Crippen LogP contribution < -0.4 is 10.5 Å². The predicted octanol–water partition coefficient (Wildman–Crippen LogP) is 3.97. The number of benzene rings is 2. The van der Waals surface area contributed by atoms with Crippen LogP contribution in [0.15, 0.2) is 40.9 Å². The third-order valence-corrected chi connectivity index (χ3v) is 3.24. The molecule has 0 saturated heterocycles. The SMILES string of the molecule is Cc1cccc(Oc2ccc(C(=N)N)cc2Br)c1F. The molecule has 19 heavy (non-hydrogen) atoms. The Bertz CT molecular complexity index is 643. The first-order valence-electron chi connectivity index (χ1n) is 5.56. The Morgan fingerprint density at radius 3 is 2.63 bits per heavy atom. The lowest BCUT2D eigenvalue weighted by Crippen LogP contribution is -2.10. The van der Waals surface area contributed by atoms with E-state index < -0.39 is 0 Å². The van der Waals surface area contributed by atoms with Crippen LogP contribution in [0.1, 0.15) is 11.1 Å². The summed E-state index contributed by atoms with van der Waals surface area (Å²) in [5, 5.41) is 7.34. The van der Waals surface area contributed by atoms with E-state index in [1.165, 1.54) is 0 Å². The Hall–Kier alpha value is -1.88. The molecule has 98 valence electrons. The molecule has 0 amide bonds. The van der Waals surface area contributed by atoms with E-state index in [0.29, 0.717) is 21.3 Å². The molecule has 0 atom stereocenters. The van der Waals surface area contributed by atoms with E-state index in [-0.39, 0.29) is 17.4 Å². The fourth-order valence-corrected chi connectivity index (χ4v) is 2.03. The van der Waals surface area contributed by atoms with Crippen LogP contribution in [0.4, 0.5) is 4.39 Å². The van der Waals surface area contributed by atoms with E-state index in [1.807, 2.05) is 0 Å². The number of amidine groups is 1. The van der Waals surface area contributed by atoms with Gasteiger partial charge >= 0.3 is 0 Å². The van der Waals surface area contributed by atoms with Crippen LogP contribution in [-0.4, -0.2) is 5.84 Å². The summed E-state index contributed by atoms with van der Waals surface area (Å²) in [5.41, 5.74) is 6.49. The molecule has 0 radical (unpaired) electrons. The van der Waals surface area contributed by atoms with Crippen molar-refractivity contribution < 1.29 is 9.13 Å². The Morgan fingerprint density at radius 1 is 1.26 bits per heavy atom. The monoisotopic (exact) mass is 322 g/mol. The zero-order chi connectivity index (χ0) is 14.0. The van der Waals surface area contributed by atoms with Crippen LogP contribution in [0.25, 0.3) is 0 Å². The summed E-state index contributed by atoms with van der Waals surface area (Å²) in [5.74, 6) is 0.213. The smallest absolute Gasteiger partial charge is 0.168 e. The number of aryl methyl sites for hydroxylation is 1. The van der Waals surface area contributed by atoms with Crippen molar-refractivity contribution in [3.05, 3.63) is 57.8 Å². The maximum Gasteiger partial charge on any atom is 0.168 e. The highest BCUT2D eigenvalue weighted by Gasteiger charge is 2.10. The summed E-state index contributed by atoms with van der Waals surface area (Å²) < 4.78 is 20.0.